The van der Waals surface area contributed by atoms with Crippen molar-refractivity contribution in [1.82, 2.24) is 5.32 Å². The maximum absolute atomic E-state index is 6.21. The fraction of sp³-hybridized carbons (Fsp3) is 0.571. The van der Waals surface area contributed by atoms with E-state index in [1.807, 2.05) is 19.2 Å². The van der Waals surface area contributed by atoms with Crippen molar-refractivity contribution in [3.05, 3.63) is 28.3 Å². The first kappa shape index (κ1) is 14.3. The lowest BCUT2D eigenvalue weighted by Crippen LogP contribution is -2.22. The zero-order valence-corrected chi connectivity index (χ0v) is 12.1. The predicted octanol–water partition coefficient (Wildman–Crippen LogP) is 3.62. The summed E-state index contributed by atoms with van der Waals surface area (Å²) in [6, 6.07) is 4.06. The summed E-state index contributed by atoms with van der Waals surface area (Å²) < 4.78 is 5.23. The van der Waals surface area contributed by atoms with E-state index in [4.69, 9.17) is 16.3 Å². The summed E-state index contributed by atoms with van der Waals surface area (Å²) in [7, 11) is 3.63. The molecule has 1 unspecified atom stereocenters. The number of aryl methyl sites for hydroxylation is 1. The van der Waals surface area contributed by atoms with E-state index in [0.717, 1.165) is 12.3 Å². The van der Waals surface area contributed by atoms with Gasteiger partial charge in [0, 0.05) is 6.54 Å². The first-order chi connectivity index (χ1) is 8.01. The van der Waals surface area contributed by atoms with Gasteiger partial charge >= 0.3 is 0 Å². The summed E-state index contributed by atoms with van der Waals surface area (Å²) >= 11 is 6.21. The van der Waals surface area contributed by atoms with Gasteiger partial charge in [0.15, 0.2) is 0 Å². The van der Waals surface area contributed by atoms with Crippen LogP contribution in [0, 0.1) is 12.8 Å². The maximum atomic E-state index is 6.21. The highest BCUT2D eigenvalue weighted by atomic mass is 35.5. The Morgan fingerprint density at radius 3 is 2.47 bits per heavy atom. The number of ether oxygens (including phenoxy) is 1. The van der Waals surface area contributed by atoms with Gasteiger partial charge in [-0.2, -0.15) is 0 Å². The Hall–Kier alpha value is -0.730. The van der Waals surface area contributed by atoms with Crippen LogP contribution in [0.25, 0.3) is 0 Å². The minimum absolute atomic E-state index is 0.475. The van der Waals surface area contributed by atoms with E-state index in [1.165, 1.54) is 11.1 Å². The van der Waals surface area contributed by atoms with E-state index >= 15 is 0 Å². The quantitative estimate of drug-likeness (QED) is 0.868. The van der Waals surface area contributed by atoms with Crippen LogP contribution in [0.5, 0.6) is 5.75 Å². The molecule has 17 heavy (non-hydrogen) atoms. The van der Waals surface area contributed by atoms with Gasteiger partial charge in [-0.05, 0) is 49.1 Å². The molecule has 0 bridgehead atoms. The van der Waals surface area contributed by atoms with E-state index in [0.29, 0.717) is 16.9 Å². The third-order valence-corrected chi connectivity index (χ3v) is 3.46. The highest BCUT2D eigenvalue weighted by Gasteiger charge is 2.18. The van der Waals surface area contributed by atoms with E-state index in [2.05, 4.69) is 26.1 Å². The molecule has 3 heteroatoms. The first-order valence-electron chi connectivity index (χ1n) is 5.99. The zero-order valence-electron chi connectivity index (χ0n) is 11.3. The van der Waals surface area contributed by atoms with Crippen molar-refractivity contribution < 1.29 is 4.74 Å². The summed E-state index contributed by atoms with van der Waals surface area (Å²) in [5.74, 6) is 1.80. The Kier molecular flexibility index (Phi) is 5.29. The van der Waals surface area contributed by atoms with Crippen molar-refractivity contribution in [3.63, 3.8) is 0 Å². The summed E-state index contributed by atoms with van der Waals surface area (Å²) in [6.45, 7) is 7.54. The van der Waals surface area contributed by atoms with Crippen molar-refractivity contribution in [2.75, 3.05) is 20.7 Å². The van der Waals surface area contributed by atoms with Gasteiger partial charge in [0.2, 0.25) is 0 Å². The summed E-state index contributed by atoms with van der Waals surface area (Å²) in [4.78, 5) is 0. The van der Waals surface area contributed by atoms with Crippen LogP contribution in [0.3, 0.4) is 0 Å². The van der Waals surface area contributed by atoms with Crippen molar-refractivity contribution in [2.45, 2.75) is 26.7 Å². The van der Waals surface area contributed by atoms with E-state index in [-0.39, 0.29) is 0 Å². The number of rotatable bonds is 5. The molecule has 1 rings (SSSR count). The molecular formula is C14H22ClNO. The summed E-state index contributed by atoms with van der Waals surface area (Å²) in [5.41, 5.74) is 2.54. The third-order valence-electron chi connectivity index (χ3n) is 3.17. The van der Waals surface area contributed by atoms with Crippen LogP contribution < -0.4 is 10.1 Å². The second-order valence-corrected chi connectivity index (χ2v) is 5.16. The van der Waals surface area contributed by atoms with E-state index in [9.17, 15) is 0 Å². The largest absolute Gasteiger partial charge is 0.495 e. The first-order valence-corrected chi connectivity index (χ1v) is 6.37. The molecule has 0 aliphatic rings. The zero-order chi connectivity index (χ0) is 13.0. The smallest absolute Gasteiger partial charge is 0.137 e. The SMILES string of the molecule is CNCC(c1cc(Cl)c(OC)cc1C)C(C)C. The molecule has 0 spiro atoms. The molecule has 0 radical (unpaired) electrons. The lowest BCUT2D eigenvalue weighted by Gasteiger charge is -2.23. The van der Waals surface area contributed by atoms with Crippen LogP contribution in [0.1, 0.15) is 30.9 Å². The molecule has 0 saturated carbocycles. The topological polar surface area (TPSA) is 21.3 Å². The number of hydrogen-bond donors (Lipinski definition) is 1. The molecule has 1 aromatic carbocycles. The average molecular weight is 256 g/mol. The van der Waals surface area contributed by atoms with Crippen molar-refractivity contribution >= 4 is 11.6 Å². The van der Waals surface area contributed by atoms with Crippen LogP contribution in [0.15, 0.2) is 12.1 Å². The minimum atomic E-state index is 0.475. The van der Waals surface area contributed by atoms with Gasteiger partial charge in [0.25, 0.3) is 0 Å². The van der Waals surface area contributed by atoms with Gasteiger partial charge in [0.05, 0.1) is 12.1 Å². The lowest BCUT2D eigenvalue weighted by atomic mass is 9.86. The Bertz CT molecular complexity index is 377. The van der Waals surface area contributed by atoms with Gasteiger partial charge in [-0.3, -0.25) is 0 Å². The summed E-state index contributed by atoms with van der Waals surface area (Å²) in [5, 5.41) is 3.94. The number of likely N-dealkylation sites (N-methyl/N-ethyl adjacent to an activating group) is 1. The van der Waals surface area contributed by atoms with Crippen LogP contribution in [-0.2, 0) is 0 Å². The maximum Gasteiger partial charge on any atom is 0.137 e. The molecule has 0 saturated heterocycles. The molecule has 0 fully saturated rings. The molecule has 1 aromatic rings. The minimum Gasteiger partial charge on any atom is -0.495 e. The molecule has 0 aliphatic heterocycles. The predicted molar refractivity (Wildman–Crippen MR) is 74.2 cm³/mol. The number of halogens is 1. The Morgan fingerprint density at radius 1 is 1.35 bits per heavy atom. The van der Waals surface area contributed by atoms with Crippen LogP contribution in [0.2, 0.25) is 5.02 Å². The van der Waals surface area contributed by atoms with Gasteiger partial charge in [0.1, 0.15) is 5.75 Å². The normalized spacial score (nSPS) is 12.9. The fourth-order valence-corrected chi connectivity index (χ4v) is 2.40. The van der Waals surface area contributed by atoms with Crippen LogP contribution in [0.4, 0.5) is 0 Å². The van der Waals surface area contributed by atoms with Crippen LogP contribution in [-0.4, -0.2) is 20.7 Å². The molecule has 2 nitrogen and oxygen atoms in total. The molecule has 0 aromatic heterocycles. The standard InChI is InChI=1S/C14H22ClNO/c1-9(2)12(8-16-4)11-7-13(15)14(17-5)6-10(11)3/h6-7,9,12,16H,8H2,1-5H3. The van der Waals surface area contributed by atoms with Gasteiger partial charge in [-0.15, -0.1) is 0 Å². The Morgan fingerprint density at radius 2 is 2.00 bits per heavy atom. The molecule has 1 atom stereocenters. The second kappa shape index (κ2) is 6.27. The number of benzene rings is 1. The van der Waals surface area contributed by atoms with E-state index in [1.54, 1.807) is 7.11 Å². The van der Waals surface area contributed by atoms with Crippen molar-refractivity contribution in [1.29, 1.82) is 0 Å². The third kappa shape index (κ3) is 3.36. The van der Waals surface area contributed by atoms with Crippen LogP contribution >= 0.6 is 11.6 Å². The molecule has 96 valence electrons. The lowest BCUT2D eigenvalue weighted by molar-refractivity contribution is 0.413. The monoisotopic (exact) mass is 255 g/mol. The molecule has 0 amide bonds. The second-order valence-electron chi connectivity index (χ2n) is 4.75. The highest BCUT2D eigenvalue weighted by molar-refractivity contribution is 6.32. The van der Waals surface area contributed by atoms with Crippen molar-refractivity contribution in [3.8, 4) is 5.75 Å². The highest BCUT2D eigenvalue weighted by Crippen LogP contribution is 2.34. The van der Waals surface area contributed by atoms with E-state index < -0.39 is 0 Å². The summed E-state index contributed by atoms with van der Waals surface area (Å²) in [6.07, 6.45) is 0. The number of hydrogen-bond acceptors (Lipinski definition) is 2. The number of nitrogens with one attached hydrogen (secondary N) is 1. The Balaban J connectivity index is 3.15. The van der Waals surface area contributed by atoms with Gasteiger partial charge < -0.3 is 10.1 Å². The van der Waals surface area contributed by atoms with Gasteiger partial charge in [-0.25, -0.2) is 0 Å². The average Bonchev–Trinajstić information content (AvgIpc) is 2.28. The molecule has 0 aliphatic carbocycles. The molecular weight excluding hydrogens is 234 g/mol. The van der Waals surface area contributed by atoms with Gasteiger partial charge in [-0.1, -0.05) is 25.4 Å². The fourth-order valence-electron chi connectivity index (χ4n) is 2.15. The molecule has 0 heterocycles. The number of methoxy groups -OCH3 is 1. The van der Waals surface area contributed by atoms with Crippen molar-refractivity contribution in [2.24, 2.45) is 5.92 Å². The Labute approximate surface area is 109 Å². The molecule has 1 N–H and O–H groups in total.